The second-order valence-corrected chi connectivity index (χ2v) is 4.78. The van der Waals surface area contributed by atoms with Crippen molar-refractivity contribution < 1.29 is 9.53 Å². The van der Waals surface area contributed by atoms with Crippen molar-refractivity contribution in [1.29, 1.82) is 0 Å². The van der Waals surface area contributed by atoms with E-state index in [2.05, 4.69) is 31.2 Å². The number of ether oxygens (including phenoxy) is 1. The fourth-order valence-corrected chi connectivity index (χ4v) is 2.27. The lowest BCUT2D eigenvalue weighted by molar-refractivity contribution is -0.144. The normalized spacial score (nSPS) is 17.6. The average Bonchev–Trinajstić information content (AvgIpc) is 2.18. The number of hydrogen-bond donors (Lipinski definition) is 0. The molecule has 0 amide bonds. The van der Waals surface area contributed by atoms with Crippen molar-refractivity contribution in [2.45, 2.75) is 38.5 Å². The Balaban J connectivity index is 2.14. The van der Waals surface area contributed by atoms with Crippen LogP contribution in [0.15, 0.2) is 24.3 Å². The van der Waals surface area contributed by atoms with Crippen molar-refractivity contribution in [3.63, 3.8) is 0 Å². The summed E-state index contributed by atoms with van der Waals surface area (Å²) in [6.45, 7) is 4.09. The summed E-state index contributed by atoms with van der Waals surface area (Å²) < 4.78 is 5.19. The second kappa shape index (κ2) is 4.28. The molecule has 0 aromatic heterocycles. The third-order valence-electron chi connectivity index (χ3n) is 3.53. The van der Waals surface area contributed by atoms with E-state index in [-0.39, 0.29) is 11.4 Å². The Morgan fingerprint density at radius 2 is 1.94 bits per heavy atom. The van der Waals surface area contributed by atoms with E-state index in [1.807, 2.05) is 0 Å². The Morgan fingerprint density at radius 1 is 1.31 bits per heavy atom. The van der Waals surface area contributed by atoms with Gasteiger partial charge in [-0.05, 0) is 25.3 Å². The van der Waals surface area contributed by atoms with Gasteiger partial charge in [-0.25, -0.2) is 0 Å². The topological polar surface area (TPSA) is 26.3 Å². The minimum atomic E-state index is -0.182. The minimum absolute atomic E-state index is 0.0966. The molecule has 0 heterocycles. The maximum Gasteiger partial charge on any atom is 0.302 e. The Kier molecular flexibility index (Phi) is 2.99. The Labute approximate surface area is 96.6 Å². The van der Waals surface area contributed by atoms with Gasteiger partial charge in [-0.15, -0.1) is 0 Å². The van der Waals surface area contributed by atoms with Gasteiger partial charge in [0.15, 0.2) is 0 Å². The van der Waals surface area contributed by atoms with Crippen molar-refractivity contribution in [3.8, 4) is 0 Å². The second-order valence-electron chi connectivity index (χ2n) is 4.78. The lowest BCUT2D eigenvalue weighted by Crippen LogP contribution is -2.39. The van der Waals surface area contributed by atoms with Crippen LogP contribution in [-0.4, -0.2) is 12.6 Å². The highest BCUT2D eigenvalue weighted by molar-refractivity contribution is 5.66. The zero-order valence-corrected chi connectivity index (χ0v) is 9.95. The first kappa shape index (κ1) is 11.2. The summed E-state index contributed by atoms with van der Waals surface area (Å²) in [4.78, 5) is 10.9. The number of benzene rings is 1. The molecule has 1 aliphatic carbocycles. The third kappa shape index (κ3) is 2.11. The van der Waals surface area contributed by atoms with E-state index in [0.717, 1.165) is 12.8 Å². The molecule has 1 aliphatic rings. The van der Waals surface area contributed by atoms with Gasteiger partial charge >= 0.3 is 5.97 Å². The van der Waals surface area contributed by atoms with Crippen LogP contribution in [0.4, 0.5) is 0 Å². The molecule has 16 heavy (non-hydrogen) atoms. The third-order valence-corrected chi connectivity index (χ3v) is 3.53. The number of hydrogen-bond acceptors (Lipinski definition) is 2. The van der Waals surface area contributed by atoms with Gasteiger partial charge in [-0.1, -0.05) is 36.2 Å². The Hall–Kier alpha value is -1.31. The number of esters is 1. The largest absolute Gasteiger partial charge is 0.465 e. The standard InChI is InChI=1S/C14H18O2/c1-11-4-6-13(7-5-11)14(8-3-9-14)10-16-12(2)15/h4-7H,3,8-10H2,1-2H3. The van der Waals surface area contributed by atoms with Gasteiger partial charge in [0.2, 0.25) is 0 Å². The Morgan fingerprint density at radius 3 is 2.38 bits per heavy atom. The summed E-state index contributed by atoms with van der Waals surface area (Å²) in [5.41, 5.74) is 2.68. The number of rotatable bonds is 3. The quantitative estimate of drug-likeness (QED) is 0.729. The molecular weight excluding hydrogens is 200 g/mol. The molecule has 86 valence electrons. The summed E-state index contributed by atoms with van der Waals surface area (Å²) in [5.74, 6) is -0.182. The maximum absolute atomic E-state index is 10.9. The first-order chi connectivity index (χ1) is 7.62. The fourth-order valence-electron chi connectivity index (χ4n) is 2.27. The molecule has 0 aliphatic heterocycles. The molecule has 1 aromatic rings. The molecule has 0 saturated heterocycles. The van der Waals surface area contributed by atoms with Crippen LogP contribution >= 0.6 is 0 Å². The molecule has 2 nitrogen and oxygen atoms in total. The number of carbonyl (C=O) groups excluding carboxylic acids is 1. The highest BCUT2D eigenvalue weighted by Crippen LogP contribution is 2.43. The highest BCUT2D eigenvalue weighted by atomic mass is 16.5. The van der Waals surface area contributed by atoms with Crippen LogP contribution < -0.4 is 0 Å². The van der Waals surface area contributed by atoms with Gasteiger partial charge in [-0.3, -0.25) is 4.79 Å². The van der Waals surface area contributed by atoms with Crippen molar-refractivity contribution >= 4 is 5.97 Å². The highest BCUT2D eigenvalue weighted by Gasteiger charge is 2.39. The van der Waals surface area contributed by atoms with Gasteiger partial charge in [-0.2, -0.15) is 0 Å². The molecule has 0 bridgehead atoms. The molecule has 0 atom stereocenters. The van der Waals surface area contributed by atoms with Gasteiger partial charge in [0, 0.05) is 12.3 Å². The maximum atomic E-state index is 10.9. The van der Waals surface area contributed by atoms with Crippen molar-refractivity contribution in [1.82, 2.24) is 0 Å². The van der Waals surface area contributed by atoms with E-state index in [1.165, 1.54) is 24.5 Å². The summed E-state index contributed by atoms with van der Waals surface area (Å²) in [6, 6.07) is 8.59. The predicted molar refractivity (Wildman–Crippen MR) is 63.3 cm³/mol. The van der Waals surface area contributed by atoms with Crippen molar-refractivity contribution in [2.75, 3.05) is 6.61 Å². The summed E-state index contributed by atoms with van der Waals surface area (Å²) in [5, 5.41) is 0. The van der Waals surface area contributed by atoms with E-state index >= 15 is 0 Å². The van der Waals surface area contributed by atoms with Crippen molar-refractivity contribution in [3.05, 3.63) is 35.4 Å². The molecule has 0 radical (unpaired) electrons. The monoisotopic (exact) mass is 218 g/mol. The van der Waals surface area contributed by atoms with E-state index in [4.69, 9.17) is 4.74 Å². The lowest BCUT2D eigenvalue weighted by Gasteiger charge is -2.41. The molecule has 0 spiro atoms. The van der Waals surface area contributed by atoms with E-state index in [9.17, 15) is 4.79 Å². The van der Waals surface area contributed by atoms with Crippen LogP contribution in [0.25, 0.3) is 0 Å². The summed E-state index contributed by atoms with van der Waals surface area (Å²) in [7, 11) is 0. The SMILES string of the molecule is CC(=O)OCC1(c2ccc(C)cc2)CCC1. The predicted octanol–water partition coefficient (Wildman–Crippen LogP) is 2.98. The molecule has 0 unspecified atom stereocenters. The zero-order valence-electron chi connectivity index (χ0n) is 9.95. The molecule has 1 fully saturated rings. The Bertz CT molecular complexity index is 374. The summed E-state index contributed by atoms with van der Waals surface area (Å²) >= 11 is 0. The lowest BCUT2D eigenvalue weighted by atomic mass is 9.65. The first-order valence-corrected chi connectivity index (χ1v) is 5.83. The molecule has 1 saturated carbocycles. The van der Waals surface area contributed by atoms with Crippen LogP contribution in [0.1, 0.15) is 37.3 Å². The smallest absolute Gasteiger partial charge is 0.302 e. The molecule has 0 N–H and O–H groups in total. The number of carbonyl (C=O) groups is 1. The van der Waals surface area contributed by atoms with Crippen LogP contribution in [0.5, 0.6) is 0 Å². The average molecular weight is 218 g/mol. The van der Waals surface area contributed by atoms with Crippen LogP contribution in [0, 0.1) is 6.92 Å². The zero-order chi connectivity index (χ0) is 11.6. The first-order valence-electron chi connectivity index (χ1n) is 5.83. The van der Waals surface area contributed by atoms with Gasteiger partial charge in [0.1, 0.15) is 6.61 Å². The van der Waals surface area contributed by atoms with E-state index in [0.29, 0.717) is 6.61 Å². The molecule has 2 rings (SSSR count). The molecular formula is C14H18O2. The molecule has 2 heteroatoms. The van der Waals surface area contributed by atoms with Crippen LogP contribution in [-0.2, 0) is 14.9 Å². The van der Waals surface area contributed by atoms with Gasteiger partial charge in [0.05, 0.1) is 0 Å². The number of aryl methyl sites for hydroxylation is 1. The summed E-state index contributed by atoms with van der Waals surface area (Å²) in [6.07, 6.45) is 3.49. The van der Waals surface area contributed by atoms with Gasteiger partial charge < -0.3 is 4.74 Å². The van der Waals surface area contributed by atoms with Gasteiger partial charge in [0.25, 0.3) is 0 Å². The van der Waals surface area contributed by atoms with E-state index in [1.54, 1.807) is 0 Å². The van der Waals surface area contributed by atoms with Crippen LogP contribution in [0.2, 0.25) is 0 Å². The van der Waals surface area contributed by atoms with E-state index < -0.39 is 0 Å². The molecule has 1 aromatic carbocycles. The van der Waals surface area contributed by atoms with Crippen molar-refractivity contribution in [2.24, 2.45) is 0 Å². The minimum Gasteiger partial charge on any atom is -0.465 e. The van der Waals surface area contributed by atoms with Crippen LogP contribution in [0.3, 0.4) is 0 Å². The fraction of sp³-hybridized carbons (Fsp3) is 0.500.